The third-order valence-corrected chi connectivity index (χ3v) is 3.13. The highest BCUT2D eigenvalue weighted by atomic mass is 16.2. The predicted molar refractivity (Wildman–Crippen MR) is 79.2 cm³/mol. The Morgan fingerprint density at radius 2 is 2.20 bits per heavy atom. The lowest BCUT2D eigenvalue weighted by atomic mass is 9.88. The first-order valence-corrected chi connectivity index (χ1v) is 6.72. The zero-order valence-electron chi connectivity index (χ0n) is 12.5. The standard InChI is InChI=1S/C16H22N2O2/c1-12(16(2,3)4)18-15(20)14-13(8-5-6-11-19)9-7-10-17-14/h7,9-10,12,19H,6,11H2,1-4H3,(H,18,20). The second-order valence-corrected chi connectivity index (χ2v) is 5.74. The number of hydrogen-bond acceptors (Lipinski definition) is 3. The summed E-state index contributed by atoms with van der Waals surface area (Å²) >= 11 is 0. The molecule has 0 fully saturated rings. The molecule has 0 aliphatic carbocycles. The van der Waals surface area contributed by atoms with Crippen molar-refractivity contribution < 1.29 is 9.90 Å². The number of pyridine rings is 1. The van der Waals surface area contributed by atoms with E-state index in [1.807, 2.05) is 6.92 Å². The quantitative estimate of drug-likeness (QED) is 0.828. The molecule has 0 spiro atoms. The normalized spacial score (nSPS) is 12.2. The maximum atomic E-state index is 12.3. The summed E-state index contributed by atoms with van der Waals surface area (Å²) < 4.78 is 0. The topological polar surface area (TPSA) is 62.2 Å². The van der Waals surface area contributed by atoms with Crippen LogP contribution in [0.3, 0.4) is 0 Å². The molecule has 4 heteroatoms. The Morgan fingerprint density at radius 1 is 1.50 bits per heavy atom. The second-order valence-electron chi connectivity index (χ2n) is 5.74. The summed E-state index contributed by atoms with van der Waals surface area (Å²) in [5, 5.41) is 11.7. The van der Waals surface area contributed by atoms with Gasteiger partial charge in [-0.25, -0.2) is 4.98 Å². The van der Waals surface area contributed by atoms with Gasteiger partial charge in [0, 0.05) is 18.7 Å². The molecular weight excluding hydrogens is 252 g/mol. The van der Waals surface area contributed by atoms with E-state index in [4.69, 9.17) is 5.11 Å². The maximum absolute atomic E-state index is 12.3. The van der Waals surface area contributed by atoms with Gasteiger partial charge in [0.1, 0.15) is 5.69 Å². The molecule has 0 aliphatic rings. The van der Waals surface area contributed by atoms with Crippen molar-refractivity contribution in [3.8, 4) is 11.8 Å². The van der Waals surface area contributed by atoms with Crippen molar-refractivity contribution in [1.29, 1.82) is 0 Å². The van der Waals surface area contributed by atoms with Crippen LogP contribution < -0.4 is 5.32 Å². The minimum Gasteiger partial charge on any atom is -0.395 e. The monoisotopic (exact) mass is 274 g/mol. The van der Waals surface area contributed by atoms with Crippen LogP contribution in [0.25, 0.3) is 0 Å². The highest BCUT2D eigenvalue weighted by Gasteiger charge is 2.23. The van der Waals surface area contributed by atoms with Crippen LogP contribution in [-0.2, 0) is 0 Å². The number of aromatic nitrogens is 1. The van der Waals surface area contributed by atoms with Gasteiger partial charge < -0.3 is 10.4 Å². The van der Waals surface area contributed by atoms with Crippen molar-refractivity contribution in [2.75, 3.05) is 6.61 Å². The molecule has 2 N–H and O–H groups in total. The van der Waals surface area contributed by atoms with Crippen LogP contribution in [0, 0.1) is 17.3 Å². The third-order valence-electron chi connectivity index (χ3n) is 3.13. The molecule has 108 valence electrons. The van der Waals surface area contributed by atoms with E-state index in [1.54, 1.807) is 18.3 Å². The average molecular weight is 274 g/mol. The van der Waals surface area contributed by atoms with E-state index in [9.17, 15) is 4.79 Å². The summed E-state index contributed by atoms with van der Waals surface area (Å²) in [7, 11) is 0. The highest BCUT2D eigenvalue weighted by molar-refractivity contribution is 5.94. The summed E-state index contributed by atoms with van der Waals surface area (Å²) in [6.45, 7) is 8.18. The van der Waals surface area contributed by atoms with Gasteiger partial charge in [-0.1, -0.05) is 32.6 Å². The van der Waals surface area contributed by atoms with Crippen molar-refractivity contribution >= 4 is 5.91 Å². The van der Waals surface area contributed by atoms with Crippen LogP contribution in [0.4, 0.5) is 0 Å². The molecule has 0 aliphatic heterocycles. The van der Waals surface area contributed by atoms with Gasteiger partial charge in [-0.2, -0.15) is 0 Å². The number of hydrogen-bond donors (Lipinski definition) is 2. The molecule has 0 bridgehead atoms. The average Bonchev–Trinajstić information content (AvgIpc) is 2.38. The van der Waals surface area contributed by atoms with Gasteiger partial charge in [0.2, 0.25) is 0 Å². The van der Waals surface area contributed by atoms with Gasteiger partial charge >= 0.3 is 0 Å². The summed E-state index contributed by atoms with van der Waals surface area (Å²) in [6.07, 6.45) is 1.96. The van der Waals surface area contributed by atoms with Gasteiger partial charge in [0.25, 0.3) is 5.91 Å². The van der Waals surface area contributed by atoms with E-state index in [0.29, 0.717) is 17.7 Å². The number of aliphatic hydroxyl groups excluding tert-OH is 1. The number of nitrogens with zero attached hydrogens (tertiary/aromatic N) is 1. The van der Waals surface area contributed by atoms with E-state index in [1.165, 1.54) is 0 Å². The van der Waals surface area contributed by atoms with Crippen LogP contribution in [0.15, 0.2) is 18.3 Å². The molecule has 1 rings (SSSR count). The van der Waals surface area contributed by atoms with Crippen LogP contribution in [0.2, 0.25) is 0 Å². The Hall–Kier alpha value is -1.86. The van der Waals surface area contributed by atoms with Crippen molar-refractivity contribution in [3.63, 3.8) is 0 Å². The fourth-order valence-electron chi connectivity index (χ4n) is 1.38. The minimum absolute atomic E-state index is 0.00977. The highest BCUT2D eigenvalue weighted by Crippen LogP contribution is 2.19. The van der Waals surface area contributed by atoms with Crippen molar-refractivity contribution in [3.05, 3.63) is 29.6 Å². The Morgan fingerprint density at radius 3 is 2.80 bits per heavy atom. The number of carbonyl (C=O) groups excluding carboxylic acids is 1. The summed E-state index contributed by atoms with van der Waals surface area (Å²) in [4.78, 5) is 16.4. The van der Waals surface area contributed by atoms with Gasteiger partial charge in [0.05, 0.1) is 12.2 Å². The SMILES string of the molecule is CC(NC(=O)c1ncccc1C#CCCO)C(C)(C)C. The molecule has 0 saturated carbocycles. The first-order valence-electron chi connectivity index (χ1n) is 6.72. The first kappa shape index (κ1) is 16.2. The molecule has 1 unspecified atom stereocenters. The lowest BCUT2D eigenvalue weighted by Crippen LogP contribution is -2.41. The van der Waals surface area contributed by atoms with E-state index >= 15 is 0 Å². The number of carbonyl (C=O) groups is 1. The summed E-state index contributed by atoms with van der Waals surface area (Å²) in [5.74, 6) is 5.46. The molecule has 20 heavy (non-hydrogen) atoms. The van der Waals surface area contributed by atoms with Gasteiger partial charge in [-0.3, -0.25) is 4.79 Å². The second kappa shape index (κ2) is 7.06. The Kier molecular flexibility index (Phi) is 5.72. The summed E-state index contributed by atoms with van der Waals surface area (Å²) in [6, 6.07) is 3.52. The molecule has 1 amide bonds. The predicted octanol–water partition coefficient (Wildman–Crippen LogP) is 1.98. The van der Waals surface area contributed by atoms with E-state index in [-0.39, 0.29) is 24.0 Å². The minimum atomic E-state index is -0.221. The molecule has 1 heterocycles. The number of amides is 1. The van der Waals surface area contributed by atoms with Crippen LogP contribution >= 0.6 is 0 Å². The largest absolute Gasteiger partial charge is 0.395 e. The van der Waals surface area contributed by atoms with Crippen LogP contribution in [0.5, 0.6) is 0 Å². The van der Waals surface area contributed by atoms with Crippen molar-refractivity contribution in [2.24, 2.45) is 5.41 Å². The molecular formula is C16H22N2O2. The zero-order valence-corrected chi connectivity index (χ0v) is 12.5. The fourth-order valence-corrected chi connectivity index (χ4v) is 1.38. The maximum Gasteiger partial charge on any atom is 0.271 e. The third kappa shape index (κ3) is 4.67. The number of aliphatic hydroxyl groups is 1. The van der Waals surface area contributed by atoms with Crippen molar-refractivity contribution in [1.82, 2.24) is 10.3 Å². The molecule has 4 nitrogen and oxygen atoms in total. The van der Waals surface area contributed by atoms with Gasteiger partial charge in [-0.15, -0.1) is 0 Å². The van der Waals surface area contributed by atoms with Gasteiger partial charge in [0.15, 0.2) is 0 Å². The molecule has 1 aromatic heterocycles. The molecule has 0 radical (unpaired) electrons. The van der Waals surface area contributed by atoms with Crippen molar-refractivity contribution in [2.45, 2.75) is 40.2 Å². The fraction of sp³-hybridized carbons (Fsp3) is 0.500. The number of rotatable bonds is 3. The molecule has 0 saturated heterocycles. The molecule has 1 aromatic rings. The molecule has 1 atom stereocenters. The van der Waals surface area contributed by atoms with E-state index in [2.05, 4.69) is 42.9 Å². The zero-order chi connectivity index (χ0) is 15.2. The van der Waals surface area contributed by atoms with Gasteiger partial charge in [-0.05, 0) is 24.5 Å². The molecule has 0 aromatic carbocycles. The van der Waals surface area contributed by atoms with Crippen LogP contribution in [0.1, 0.15) is 50.2 Å². The van der Waals surface area contributed by atoms with E-state index in [0.717, 1.165) is 0 Å². The lowest BCUT2D eigenvalue weighted by Gasteiger charge is -2.28. The lowest BCUT2D eigenvalue weighted by molar-refractivity contribution is 0.0905. The van der Waals surface area contributed by atoms with E-state index < -0.39 is 0 Å². The number of nitrogens with one attached hydrogen (secondary N) is 1. The first-order chi connectivity index (χ1) is 9.36. The van der Waals surface area contributed by atoms with Crippen LogP contribution in [-0.4, -0.2) is 28.6 Å². The smallest absolute Gasteiger partial charge is 0.271 e. The Balaban J connectivity index is 2.92. The Bertz CT molecular complexity index is 521. The summed E-state index contributed by atoms with van der Waals surface area (Å²) in [5.41, 5.74) is 0.890. The Labute approximate surface area is 120 Å².